The monoisotopic (exact) mass is 294 g/mol. The number of aromatic nitrogens is 2. The third-order valence-electron chi connectivity index (χ3n) is 2.80. The molecule has 8 heteroatoms. The number of anilines is 2. The molecule has 1 heterocycles. The van der Waals surface area contributed by atoms with Crippen LogP contribution in [0.15, 0.2) is 30.5 Å². The predicted octanol–water partition coefficient (Wildman–Crippen LogP) is 2.71. The normalized spacial score (nSPS) is 10.6. The van der Waals surface area contributed by atoms with Gasteiger partial charge in [-0.2, -0.15) is 5.10 Å². The van der Waals surface area contributed by atoms with Crippen LogP contribution in [0.4, 0.5) is 21.6 Å². The smallest absolute Gasteiger partial charge is 0.272 e. The second kappa shape index (κ2) is 6.80. The van der Waals surface area contributed by atoms with Crippen LogP contribution in [0.1, 0.15) is 6.42 Å². The molecule has 0 saturated heterocycles. The molecule has 0 aliphatic heterocycles. The van der Waals surface area contributed by atoms with Gasteiger partial charge >= 0.3 is 0 Å². The standard InChI is InChI=1S/C13H15FN4O3/c1-21-8-2-6-17-7-5-13(16-17)15-12-4-3-10(18(19)20)9-11(12)14/h3-5,7,9H,2,6,8H2,1H3,(H,15,16). The molecule has 2 aromatic rings. The highest BCUT2D eigenvalue weighted by Gasteiger charge is 2.11. The lowest BCUT2D eigenvalue weighted by Gasteiger charge is -2.04. The molecular formula is C13H15FN4O3. The average molecular weight is 294 g/mol. The van der Waals surface area contributed by atoms with Crippen molar-refractivity contribution in [1.29, 1.82) is 0 Å². The highest BCUT2D eigenvalue weighted by atomic mass is 19.1. The summed E-state index contributed by atoms with van der Waals surface area (Å²) in [7, 11) is 1.63. The van der Waals surface area contributed by atoms with Crippen molar-refractivity contribution in [3.63, 3.8) is 0 Å². The van der Waals surface area contributed by atoms with Crippen LogP contribution in [-0.4, -0.2) is 28.4 Å². The summed E-state index contributed by atoms with van der Waals surface area (Å²) in [5.41, 5.74) is -0.147. The van der Waals surface area contributed by atoms with Crippen LogP contribution in [0, 0.1) is 15.9 Å². The number of aryl methyl sites for hydroxylation is 1. The predicted molar refractivity (Wildman–Crippen MR) is 75.1 cm³/mol. The molecule has 0 unspecified atom stereocenters. The van der Waals surface area contributed by atoms with Crippen molar-refractivity contribution in [1.82, 2.24) is 9.78 Å². The third kappa shape index (κ3) is 3.99. The molecule has 0 fully saturated rings. The number of nitro groups is 1. The van der Waals surface area contributed by atoms with Gasteiger partial charge in [-0.25, -0.2) is 4.39 Å². The van der Waals surface area contributed by atoms with E-state index in [1.165, 1.54) is 12.1 Å². The molecule has 1 aromatic carbocycles. The summed E-state index contributed by atoms with van der Waals surface area (Å²) in [6, 6.07) is 5.13. The number of nitrogens with zero attached hydrogens (tertiary/aromatic N) is 3. The minimum atomic E-state index is -0.696. The lowest BCUT2D eigenvalue weighted by Crippen LogP contribution is -2.03. The summed E-state index contributed by atoms with van der Waals surface area (Å²) in [6.07, 6.45) is 2.59. The van der Waals surface area contributed by atoms with Crippen LogP contribution in [-0.2, 0) is 11.3 Å². The number of rotatable bonds is 7. The SMILES string of the molecule is COCCCn1ccc(Nc2ccc([N+](=O)[O-])cc2F)n1. The molecule has 2 rings (SSSR count). The van der Waals surface area contributed by atoms with Crippen molar-refractivity contribution in [2.75, 3.05) is 19.0 Å². The number of hydrogen-bond donors (Lipinski definition) is 1. The fourth-order valence-corrected chi connectivity index (χ4v) is 1.78. The minimum absolute atomic E-state index is 0.141. The van der Waals surface area contributed by atoms with E-state index in [-0.39, 0.29) is 11.4 Å². The van der Waals surface area contributed by atoms with Crippen LogP contribution in [0.3, 0.4) is 0 Å². The van der Waals surface area contributed by atoms with E-state index in [1.807, 2.05) is 0 Å². The van der Waals surface area contributed by atoms with Gasteiger partial charge in [0.05, 0.1) is 16.7 Å². The number of hydrogen-bond acceptors (Lipinski definition) is 5. The van der Waals surface area contributed by atoms with E-state index in [0.717, 1.165) is 12.5 Å². The zero-order chi connectivity index (χ0) is 15.2. The molecule has 1 N–H and O–H groups in total. The van der Waals surface area contributed by atoms with Crippen molar-refractivity contribution < 1.29 is 14.1 Å². The zero-order valence-corrected chi connectivity index (χ0v) is 11.5. The lowest BCUT2D eigenvalue weighted by molar-refractivity contribution is -0.385. The molecule has 0 spiro atoms. The molecule has 0 aliphatic rings. The quantitative estimate of drug-likeness (QED) is 0.482. The van der Waals surface area contributed by atoms with Gasteiger partial charge in [-0.15, -0.1) is 0 Å². The van der Waals surface area contributed by atoms with Crippen molar-refractivity contribution >= 4 is 17.2 Å². The Morgan fingerprint density at radius 1 is 1.48 bits per heavy atom. The maximum atomic E-state index is 13.7. The van der Waals surface area contributed by atoms with Crippen LogP contribution in [0.5, 0.6) is 0 Å². The Hall–Kier alpha value is -2.48. The maximum absolute atomic E-state index is 13.7. The van der Waals surface area contributed by atoms with Crippen molar-refractivity contribution in [2.24, 2.45) is 0 Å². The molecule has 0 bridgehead atoms. The second-order valence-corrected chi connectivity index (χ2v) is 4.36. The van der Waals surface area contributed by atoms with Crippen LogP contribution in [0.25, 0.3) is 0 Å². The Bertz CT molecular complexity index is 630. The summed E-state index contributed by atoms with van der Waals surface area (Å²) in [5, 5.41) is 17.6. The van der Waals surface area contributed by atoms with Crippen molar-refractivity contribution in [3.05, 3.63) is 46.4 Å². The van der Waals surface area contributed by atoms with Crippen molar-refractivity contribution in [2.45, 2.75) is 13.0 Å². The zero-order valence-electron chi connectivity index (χ0n) is 11.5. The van der Waals surface area contributed by atoms with Gasteiger partial charge in [-0.1, -0.05) is 0 Å². The first kappa shape index (κ1) is 14.9. The molecule has 112 valence electrons. The molecule has 1 aromatic heterocycles. The topological polar surface area (TPSA) is 82.2 Å². The first-order valence-corrected chi connectivity index (χ1v) is 6.33. The van der Waals surface area contributed by atoms with E-state index >= 15 is 0 Å². The van der Waals surface area contributed by atoms with E-state index < -0.39 is 10.7 Å². The molecule has 0 atom stereocenters. The van der Waals surface area contributed by atoms with Gasteiger partial charge < -0.3 is 10.1 Å². The summed E-state index contributed by atoms with van der Waals surface area (Å²) >= 11 is 0. The average Bonchev–Trinajstić information content (AvgIpc) is 2.89. The summed E-state index contributed by atoms with van der Waals surface area (Å²) in [6.45, 7) is 1.33. The fourth-order valence-electron chi connectivity index (χ4n) is 1.78. The molecule has 0 radical (unpaired) electrons. The van der Waals surface area contributed by atoms with Gasteiger partial charge in [0.25, 0.3) is 5.69 Å². The largest absolute Gasteiger partial charge is 0.385 e. The number of non-ortho nitro benzene ring substituents is 1. The Labute approximate surface area is 120 Å². The van der Waals surface area contributed by atoms with Gasteiger partial charge in [0, 0.05) is 38.6 Å². The minimum Gasteiger partial charge on any atom is -0.385 e. The van der Waals surface area contributed by atoms with Gasteiger partial charge in [-0.05, 0) is 12.5 Å². The van der Waals surface area contributed by atoms with E-state index in [4.69, 9.17) is 4.74 Å². The molecule has 21 heavy (non-hydrogen) atoms. The Morgan fingerprint density at radius 2 is 2.29 bits per heavy atom. The van der Waals surface area contributed by atoms with Crippen molar-refractivity contribution in [3.8, 4) is 0 Å². The molecular weight excluding hydrogens is 279 g/mol. The molecule has 0 amide bonds. The Kier molecular flexibility index (Phi) is 4.83. The maximum Gasteiger partial charge on any atom is 0.272 e. The van der Waals surface area contributed by atoms with E-state index in [9.17, 15) is 14.5 Å². The van der Waals surface area contributed by atoms with Crippen LogP contribution < -0.4 is 5.32 Å². The lowest BCUT2D eigenvalue weighted by atomic mass is 10.2. The number of halogens is 1. The molecule has 7 nitrogen and oxygen atoms in total. The van der Waals surface area contributed by atoms with E-state index in [2.05, 4.69) is 10.4 Å². The van der Waals surface area contributed by atoms with Gasteiger partial charge in [0.2, 0.25) is 0 Å². The highest BCUT2D eigenvalue weighted by Crippen LogP contribution is 2.23. The summed E-state index contributed by atoms with van der Waals surface area (Å²) < 4.78 is 20.4. The molecule has 0 saturated carbocycles. The highest BCUT2D eigenvalue weighted by molar-refractivity contribution is 5.58. The number of ether oxygens (including phenoxy) is 1. The van der Waals surface area contributed by atoms with Gasteiger partial charge in [0.15, 0.2) is 11.6 Å². The van der Waals surface area contributed by atoms with E-state index in [0.29, 0.717) is 19.0 Å². The van der Waals surface area contributed by atoms with Crippen LogP contribution in [0.2, 0.25) is 0 Å². The fraction of sp³-hybridized carbons (Fsp3) is 0.308. The third-order valence-corrected chi connectivity index (χ3v) is 2.80. The summed E-state index contributed by atoms with van der Waals surface area (Å²) in [5.74, 6) is -0.224. The first-order valence-electron chi connectivity index (χ1n) is 6.33. The number of nitro benzene ring substituents is 1. The Morgan fingerprint density at radius 3 is 2.95 bits per heavy atom. The number of methoxy groups -OCH3 is 1. The van der Waals surface area contributed by atoms with E-state index in [1.54, 1.807) is 24.1 Å². The number of benzene rings is 1. The first-order chi connectivity index (χ1) is 10.1. The van der Waals surface area contributed by atoms with Gasteiger partial charge in [-0.3, -0.25) is 14.8 Å². The number of nitrogens with one attached hydrogen (secondary N) is 1. The second-order valence-electron chi connectivity index (χ2n) is 4.36. The van der Waals surface area contributed by atoms with Gasteiger partial charge in [0.1, 0.15) is 0 Å². The summed E-state index contributed by atoms with van der Waals surface area (Å²) in [4.78, 5) is 9.90. The molecule has 0 aliphatic carbocycles. The van der Waals surface area contributed by atoms with Crippen LogP contribution >= 0.6 is 0 Å². The Balaban J connectivity index is 2.03.